The molecular formula is C12H18BrN5O. The molecule has 1 atom stereocenters. The van der Waals surface area contributed by atoms with E-state index in [4.69, 9.17) is 0 Å². The third-order valence-electron chi connectivity index (χ3n) is 2.62. The standard InChI is InChI=1S/C12H18BrN5O/c1-7(19)5-14-10-8-9(13)17-18(12(2,3)4)11(8)16-6-15-10/h6-7,19H,5H2,1-4H3,(H,14,15,16)/t7-/m0/s1. The molecule has 0 radical (unpaired) electrons. The third-order valence-corrected chi connectivity index (χ3v) is 3.18. The van der Waals surface area contributed by atoms with Gasteiger partial charge < -0.3 is 10.4 Å². The van der Waals surface area contributed by atoms with Crippen molar-refractivity contribution in [1.82, 2.24) is 19.7 Å². The number of fused-ring (bicyclic) bond motifs is 1. The van der Waals surface area contributed by atoms with E-state index in [-0.39, 0.29) is 5.54 Å². The summed E-state index contributed by atoms with van der Waals surface area (Å²) in [6.07, 6.45) is 1.06. The summed E-state index contributed by atoms with van der Waals surface area (Å²) in [5, 5.41) is 17.8. The molecular weight excluding hydrogens is 310 g/mol. The monoisotopic (exact) mass is 327 g/mol. The molecule has 0 bridgehead atoms. The van der Waals surface area contributed by atoms with Crippen LogP contribution in [0, 0.1) is 0 Å². The van der Waals surface area contributed by atoms with Gasteiger partial charge in [0.25, 0.3) is 0 Å². The number of anilines is 1. The van der Waals surface area contributed by atoms with Crippen LogP contribution in [0.2, 0.25) is 0 Å². The zero-order valence-corrected chi connectivity index (χ0v) is 13.1. The molecule has 0 fully saturated rings. The van der Waals surface area contributed by atoms with Crippen LogP contribution in [0.1, 0.15) is 27.7 Å². The first kappa shape index (κ1) is 14.2. The van der Waals surface area contributed by atoms with E-state index in [1.54, 1.807) is 6.92 Å². The van der Waals surface area contributed by atoms with E-state index in [0.717, 1.165) is 11.0 Å². The van der Waals surface area contributed by atoms with Crippen LogP contribution in [0.3, 0.4) is 0 Å². The molecule has 19 heavy (non-hydrogen) atoms. The topological polar surface area (TPSA) is 75.9 Å². The summed E-state index contributed by atoms with van der Waals surface area (Å²) in [5.41, 5.74) is 0.600. The first-order valence-electron chi connectivity index (χ1n) is 6.12. The number of hydrogen-bond donors (Lipinski definition) is 2. The predicted octanol–water partition coefficient (Wildman–Crippen LogP) is 2.14. The van der Waals surface area contributed by atoms with Gasteiger partial charge in [0.15, 0.2) is 5.65 Å². The van der Waals surface area contributed by atoms with E-state index >= 15 is 0 Å². The minimum Gasteiger partial charge on any atom is -0.392 e. The molecule has 6 nitrogen and oxygen atoms in total. The number of aromatic nitrogens is 4. The summed E-state index contributed by atoms with van der Waals surface area (Å²) in [4.78, 5) is 8.53. The average Bonchev–Trinajstić information content (AvgIpc) is 2.65. The Morgan fingerprint density at radius 1 is 1.42 bits per heavy atom. The fourth-order valence-electron chi connectivity index (χ4n) is 1.76. The van der Waals surface area contributed by atoms with Gasteiger partial charge in [-0.3, -0.25) is 0 Å². The molecule has 0 aromatic carbocycles. The Hall–Kier alpha value is -1.21. The van der Waals surface area contributed by atoms with Crippen LogP contribution in [-0.2, 0) is 5.54 Å². The maximum atomic E-state index is 9.35. The lowest BCUT2D eigenvalue weighted by Gasteiger charge is -2.19. The smallest absolute Gasteiger partial charge is 0.165 e. The second-order valence-corrected chi connectivity index (χ2v) is 6.28. The van der Waals surface area contributed by atoms with Crippen LogP contribution in [-0.4, -0.2) is 37.5 Å². The van der Waals surface area contributed by atoms with Crippen LogP contribution in [0.15, 0.2) is 10.9 Å². The summed E-state index contributed by atoms with van der Waals surface area (Å²) in [6, 6.07) is 0. The largest absolute Gasteiger partial charge is 0.392 e. The lowest BCUT2D eigenvalue weighted by Crippen LogP contribution is -2.23. The Balaban J connectivity index is 2.54. The van der Waals surface area contributed by atoms with E-state index in [1.165, 1.54) is 6.33 Å². The van der Waals surface area contributed by atoms with Crippen molar-refractivity contribution in [2.75, 3.05) is 11.9 Å². The van der Waals surface area contributed by atoms with Gasteiger partial charge in [-0.15, -0.1) is 0 Å². The van der Waals surface area contributed by atoms with Crippen LogP contribution in [0.4, 0.5) is 5.82 Å². The van der Waals surface area contributed by atoms with Gasteiger partial charge in [0.05, 0.1) is 17.0 Å². The summed E-state index contributed by atoms with van der Waals surface area (Å²) < 4.78 is 2.56. The van der Waals surface area contributed by atoms with E-state index < -0.39 is 6.10 Å². The second-order valence-electron chi connectivity index (χ2n) is 5.52. The molecule has 0 saturated carbocycles. The normalized spacial score (nSPS) is 13.8. The Labute approximate surface area is 120 Å². The molecule has 2 heterocycles. The molecule has 2 N–H and O–H groups in total. The van der Waals surface area contributed by atoms with Crippen molar-refractivity contribution in [1.29, 1.82) is 0 Å². The summed E-state index contributed by atoms with van der Waals surface area (Å²) in [5.74, 6) is 0.674. The van der Waals surface area contributed by atoms with Crippen LogP contribution >= 0.6 is 15.9 Å². The van der Waals surface area contributed by atoms with E-state index in [9.17, 15) is 5.11 Å². The van der Waals surface area contributed by atoms with Gasteiger partial charge in [0.1, 0.15) is 16.7 Å². The molecule has 0 aliphatic rings. The van der Waals surface area contributed by atoms with Gasteiger partial charge in [-0.25, -0.2) is 14.6 Å². The van der Waals surface area contributed by atoms with E-state index in [2.05, 4.69) is 57.1 Å². The van der Waals surface area contributed by atoms with Gasteiger partial charge in [0.2, 0.25) is 0 Å². The van der Waals surface area contributed by atoms with Crippen molar-refractivity contribution < 1.29 is 5.11 Å². The zero-order chi connectivity index (χ0) is 14.2. The number of nitrogens with zero attached hydrogens (tertiary/aromatic N) is 4. The average molecular weight is 328 g/mol. The number of rotatable bonds is 3. The van der Waals surface area contributed by atoms with Crippen molar-refractivity contribution in [2.24, 2.45) is 0 Å². The number of aliphatic hydroxyl groups excluding tert-OH is 1. The number of nitrogens with one attached hydrogen (secondary N) is 1. The Kier molecular flexibility index (Phi) is 3.78. The minimum absolute atomic E-state index is 0.167. The molecule has 7 heteroatoms. The third kappa shape index (κ3) is 2.87. The maximum absolute atomic E-state index is 9.35. The Bertz CT molecular complexity index is 588. The summed E-state index contributed by atoms with van der Waals surface area (Å²) in [7, 11) is 0. The highest BCUT2D eigenvalue weighted by Crippen LogP contribution is 2.30. The minimum atomic E-state index is -0.443. The lowest BCUT2D eigenvalue weighted by molar-refractivity contribution is 0.208. The van der Waals surface area contributed by atoms with Crippen LogP contribution in [0.25, 0.3) is 11.0 Å². The quantitative estimate of drug-likeness (QED) is 0.903. The Morgan fingerprint density at radius 3 is 2.68 bits per heavy atom. The van der Waals surface area contributed by atoms with Gasteiger partial charge in [-0.05, 0) is 43.6 Å². The highest BCUT2D eigenvalue weighted by atomic mass is 79.9. The first-order chi connectivity index (χ1) is 8.80. The van der Waals surface area contributed by atoms with Crippen molar-refractivity contribution in [3.63, 3.8) is 0 Å². The number of aliphatic hydroxyl groups is 1. The van der Waals surface area contributed by atoms with Gasteiger partial charge in [0, 0.05) is 6.54 Å². The first-order valence-corrected chi connectivity index (χ1v) is 6.91. The molecule has 0 unspecified atom stereocenters. The number of halogens is 1. The van der Waals surface area contributed by atoms with Crippen LogP contribution in [0.5, 0.6) is 0 Å². The molecule has 104 valence electrons. The molecule has 2 aromatic heterocycles. The fourth-order valence-corrected chi connectivity index (χ4v) is 2.28. The predicted molar refractivity (Wildman–Crippen MR) is 78.2 cm³/mol. The Morgan fingerprint density at radius 2 is 2.11 bits per heavy atom. The lowest BCUT2D eigenvalue weighted by atomic mass is 10.1. The van der Waals surface area contributed by atoms with Crippen molar-refractivity contribution >= 4 is 32.8 Å². The highest BCUT2D eigenvalue weighted by Gasteiger charge is 2.22. The molecule has 0 aliphatic carbocycles. The summed E-state index contributed by atoms with van der Waals surface area (Å²) in [6.45, 7) is 8.35. The molecule has 0 saturated heterocycles. The highest BCUT2D eigenvalue weighted by molar-refractivity contribution is 9.10. The molecule has 2 rings (SSSR count). The number of hydrogen-bond acceptors (Lipinski definition) is 5. The molecule has 2 aromatic rings. The molecule has 0 amide bonds. The summed E-state index contributed by atoms with van der Waals surface area (Å²) >= 11 is 3.45. The van der Waals surface area contributed by atoms with Gasteiger partial charge >= 0.3 is 0 Å². The van der Waals surface area contributed by atoms with E-state index in [0.29, 0.717) is 17.0 Å². The molecule has 0 aliphatic heterocycles. The zero-order valence-electron chi connectivity index (χ0n) is 11.5. The van der Waals surface area contributed by atoms with Gasteiger partial charge in [-0.1, -0.05) is 0 Å². The van der Waals surface area contributed by atoms with Crippen molar-refractivity contribution in [2.45, 2.75) is 39.3 Å². The molecule has 0 spiro atoms. The van der Waals surface area contributed by atoms with Crippen molar-refractivity contribution in [3.8, 4) is 0 Å². The van der Waals surface area contributed by atoms with Crippen LogP contribution < -0.4 is 5.32 Å². The second kappa shape index (κ2) is 5.05. The van der Waals surface area contributed by atoms with Gasteiger partial charge in [-0.2, -0.15) is 5.10 Å². The fraction of sp³-hybridized carbons (Fsp3) is 0.583. The van der Waals surface area contributed by atoms with Crippen molar-refractivity contribution in [3.05, 3.63) is 10.9 Å². The van der Waals surface area contributed by atoms with E-state index in [1.807, 2.05) is 4.68 Å². The maximum Gasteiger partial charge on any atom is 0.165 e. The SMILES string of the molecule is C[C@H](O)CNc1ncnc2c1c(Br)nn2C(C)(C)C.